The monoisotopic (exact) mass is 194 g/mol. The molecule has 0 bridgehead atoms. The van der Waals surface area contributed by atoms with Crippen LogP contribution in [0.5, 0.6) is 0 Å². The van der Waals surface area contributed by atoms with Crippen molar-refractivity contribution in [2.75, 3.05) is 0 Å². The summed E-state index contributed by atoms with van der Waals surface area (Å²) in [6, 6.07) is 6.78. The Kier molecular flexibility index (Phi) is 2.82. The van der Waals surface area contributed by atoms with Gasteiger partial charge >= 0.3 is 0 Å². The van der Waals surface area contributed by atoms with Crippen molar-refractivity contribution in [2.45, 2.75) is 37.7 Å². The first-order valence-electron chi connectivity index (χ1n) is 5.21. The molecule has 1 aliphatic carbocycles. The van der Waals surface area contributed by atoms with Crippen LogP contribution in [0.15, 0.2) is 24.3 Å². The highest BCUT2D eigenvalue weighted by Crippen LogP contribution is 2.33. The highest BCUT2D eigenvalue weighted by atomic mass is 19.1. The minimum Gasteiger partial charge on any atom is -0.392 e. The van der Waals surface area contributed by atoms with Crippen molar-refractivity contribution < 1.29 is 9.50 Å². The normalized spacial score (nSPS) is 27.6. The molecule has 0 aromatic heterocycles. The minimum absolute atomic E-state index is 0.00458. The van der Waals surface area contributed by atoms with Gasteiger partial charge in [0.25, 0.3) is 0 Å². The molecule has 2 rings (SSSR count). The number of rotatable bonds is 1. The van der Waals surface area contributed by atoms with E-state index in [1.54, 1.807) is 12.1 Å². The van der Waals surface area contributed by atoms with Gasteiger partial charge in [0.1, 0.15) is 5.82 Å². The molecule has 1 aromatic rings. The van der Waals surface area contributed by atoms with Crippen molar-refractivity contribution in [3.8, 4) is 0 Å². The molecule has 0 aliphatic heterocycles. The summed E-state index contributed by atoms with van der Waals surface area (Å²) in [4.78, 5) is 0. The average molecular weight is 194 g/mol. The highest BCUT2D eigenvalue weighted by Gasteiger charge is 2.26. The lowest BCUT2D eigenvalue weighted by atomic mass is 9.81. The maximum absolute atomic E-state index is 13.4. The standard InChI is InChI=1S/C12H15FO/c13-11-7-3-1-5-9(11)10-6-2-4-8-12(10)14/h1,3,5,7,10,12,14H,2,4,6,8H2. The first-order valence-corrected chi connectivity index (χ1v) is 5.21. The van der Waals surface area contributed by atoms with Crippen molar-refractivity contribution in [1.82, 2.24) is 0 Å². The molecule has 2 unspecified atom stereocenters. The van der Waals surface area contributed by atoms with Gasteiger partial charge in [0.05, 0.1) is 6.10 Å². The Morgan fingerprint density at radius 3 is 2.57 bits per heavy atom. The Hall–Kier alpha value is -0.890. The van der Waals surface area contributed by atoms with Gasteiger partial charge < -0.3 is 5.11 Å². The van der Waals surface area contributed by atoms with Gasteiger partial charge in [-0.15, -0.1) is 0 Å². The Morgan fingerprint density at radius 2 is 1.86 bits per heavy atom. The molecule has 1 nitrogen and oxygen atoms in total. The largest absolute Gasteiger partial charge is 0.392 e. The lowest BCUT2D eigenvalue weighted by Crippen LogP contribution is -2.23. The average Bonchev–Trinajstić information content (AvgIpc) is 2.20. The third-order valence-corrected chi connectivity index (χ3v) is 3.03. The van der Waals surface area contributed by atoms with E-state index in [2.05, 4.69) is 0 Å². The molecule has 0 saturated heterocycles. The van der Waals surface area contributed by atoms with Crippen LogP contribution in [0, 0.1) is 5.82 Å². The molecule has 76 valence electrons. The van der Waals surface area contributed by atoms with Crippen LogP contribution in [0.4, 0.5) is 4.39 Å². The molecule has 2 atom stereocenters. The van der Waals surface area contributed by atoms with E-state index in [0.717, 1.165) is 25.7 Å². The van der Waals surface area contributed by atoms with Gasteiger partial charge in [0.2, 0.25) is 0 Å². The fraction of sp³-hybridized carbons (Fsp3) is 0.500. The van der Waals surface area contributed by atoms with Crippen LogP contribution in [0.1, 0.15) is 37.2 Å². The maximum atomic E-state index is 13.4. The van der Waals surface area contributed by atoms with Gasteiger partial charge in [-0.3, -0.25) is 0 Å². The van der Waals surface area contributed by atoms with E-state index in [-0.39, 0.29) is 17.8 Å². The maximum Gasteiger partial charge on any atom is 0.126 e. The summed E-state index contributed by atoms with van der Waals surface area (Å²) in [6.45, 7) is 0. The predicted molar refractivity (Wildman–Crippen MR) is 53.6 cm³/mol. The topological polar surface area (TPSA) is 20.2 Å². The van der Waals surface area contributed by atoms with E-state index in [1.165, 1.54) is 6.07 Å². The molecule has 0 spiro atoms. The molecule has 14 heavy (non-hydrogen) atoms. The van der Waals surface area contributed by atoms with Crippen LogP contribution in [-0.4, -0.2) is 11.2 Å². The number of hydrogen-bond donors (Lipinski definition) is 1. The van der Waals surface area contributed by atoms with Crippen LogP contribution in [0.25, 0.3) is 0 Å². The van der Waals surface area contributed by atoms with Crippen molar-refractivity contribution in [2.24, 2.45) is 0 Å². The molecule has 0 amide bonds. The highest BCUT2D eigenvalue weighted by molar-refractivity contribution is 5.23. The Balaban J connectivity index is 2.25. The Morgan fingerprint density at radius 1 is 1.14 bits per heavy atom. The van der Waals surface area contributed by atoms with Crippen LogP contribution < -0.4 is 0 Å². The van der Waals surface area contributed by atoms with Gasteiger partial charge in [0, 0.05) is 5.92 Å². The second-order valence-corrected chi connectivity index (χ2v) is 3.98. The zero-order valence-corrected chi connectivity index (χ0v) is 8.12. The van der Waals surface area contributed by atoms with Crippen molar-refractivity contribution in [1.29, 1.82) is 0 Å². The van der Waals surface area contributed by atoms with Gasteiger partial charge in [0.15, 0.2) is 0 Å². The van der Waals surface area contributed by atoms with E-state index in [9.17, 15) is 9.50 Å². The third-order valence-electron chi connectivity index (χ3n) is 3.03. The molecule has 2 heteroatoms. The number of aliphatic hydroxyl groups is 1. The molecular weight excluding hydrogens is 179 g/mol. The van der Waals surface area contributed by atoms with E-state index in [0.29, 0.717) is 5.56 Å². The van der Waals surface area contributed by atoms with Crippen LogP contribution >= 0.6 is 0 Å². The zero-order valence-electron chi connectivity index (χ0n) is 8.12. The van der Waals surface area contributed by atoms with E-state index < -0.39 is 0 Å². The summed E-state index contributed by atoms with van der Waals surface area (Å²) in [6.07, 6.45) is 3.50. The first kappa shape index (κ1) is 9.66. The van der Waals surface area contributed by atoms with Gasteiger partial charge in [-0.25, -0.2) is 4.39 Å². The second kappa shape index (κ2) is 4.09. The number of benzene rings is 1. The molecule has 0 radical (unpaired) electrons. The van der Waals surface area contributed by atoms with Crippen LogP contribution in [-0.2, 0) is 0 Å². The SMILES string of the molecule is OC1CCCCC1c1ccccc1F. The summed E-state index contributed by atoms with van der Waals surface area (Å²) in [7, 11) is 0. The lowest BCUT2D eigenvalue weighted by molar-refractivity contribution is 0.104. The summed E-state index contributed by atoms with van der Waals surface area (Å²) < 4.78 is 13.4. The fourth-order valence-electron chi connectivity index (χ4n) is 2.25. The molecule has 1 aliphatic rings. The van der Waals surface area contributed by atoms with Crippen molar-refractivity contribution in [3.05, 3.63) is 35.6 Å². The summed E-state index contributed by atoms with van der Waals surface area (Å²) >= 11 is 0. The minimum atomic E-state index is -0.361. The molecule has 0 heterocycles. The van der Waals surface area contributed by atoms with Crippen molar-refractivity contribution >= 4 is 0 Å². The summed E-state index contributed by atoms with van der Waals surface area (Å²) in [5, 5.41) is 9.78. The molecule has 1 N–H and O–H groups in total. The fourth-order valence-corrected chi connectivity index (χ4v) is 2.25. The molecule has 1 aromatic carbocycles. The number of aliphatic hydroxyl groups excluding tert-OH is 1. The lowest BCUT2D eigenvalue weighted by Gasteiger charge is -2.28. The summed E-state index contributed by atoms with van der Waals surface area (Å²) in [5.74, 6) is -0.177. The van der Waals surface area contributed by atoms with Gasteiger partial charge in [-0.1, -0.05) is 31.0 Å². The second-order valence-electron chi connectivity index (χ2n) is 3.98. The Labute approximate surface area is 83.6 Å². The number of halogens is 1. The quantitative estimate of drug-likeness (QED) is 0.728. The van der Waals surface area contributed by atoms with E-state index >= 15 is 0 Å². The molecular formula is C12H15FO. The van der Waals surface area contributed by atoms with E-state index in [4.69, 9.17) is 0 Å². The van der Waals surface area contributed by atoms with Crippen LogP contribution in [0.2, 0.25) is 0 Å². The predicted octanol–water partition coefficient (Wildman–Crippen LogP) is 2.84. The number of hydrogen-bond acceptors (Lipinski definition) is 1. The van der Waals surface area contributed by atoms with Gasteiger partial charge in [-0.05, 0) is 24.5 Å². The molecule has 1 fully saturated rings. The smallest absolute Gasteiger partial charge is 0.126 e. The Bertz CT molecular complexity index is 311. The third kappa shape index (κ3) is 1.80. The zero-order chi connectivity index (χ0) is 9.97. The molecule has 1 saturated carbocycles. The van der Waals surface area contributed by atoms with E-state index in [1.807, 2.05) is 6.07 Å². The summed E-state index contributed by atoms with van der Waals surface area (Å²) in [5.41, 5.74) is 0.680. The van der Waals surface area contributed by atoms with Crippen LogP contribution in [0.3, 0.4) is 0 Å². The first-order chi connectivity index (χ1) is 6.79. The van der Waals surface area contributed by atoms with Gasteiger partial charge in [-0.2, -0.15) is 0 Å². The van der Waals surface area contributed by atoms with Crippen molar-refractivity contribution in [3.63, 3.8) is 0 Å².